The van der Waals surface area contributed by atoms with Crippen molar-refractivity contribution in [2.45, 2.75) is 13.0 Å². The van der Waals surface area contributed by atoms with Crippen LogP contribution in [0.25, 0.3) is 11.3 Å². The lowest BCUT2D eigenvalue weighted by molar-refractivity contribution is 0.0710. The van der Waals surface area contributed by atoms with Crippen LogP contribution in [0, 0.1) is 0 Å². The summed E-state index contributed by atoms with van der Waals surface area (Å²) in [7, 11) is 0. The summed E-state index contributed by atoms with van der Waals surface area (Å²) in [6.07, 6.45) is 1.59. The van der Waals surface area contributed by atoms with Crippen molar-refractivity contribution in [3.05, 3.63) is 41.0 Å². The van der Waals surface area contributed by atoms with Gasteiger partial charge in [0.15, 0.2) is 0 Å². The Hall–Kier alpha value is -1.85. The Morgan fingerprint density at radius 1 is 1.48 bits per heavy atom. The Morgan fingerprint density at radius 2 is 2.33 bits per heavy atom. The first-order valence-corrected chi connectivity index (χ1v) is 7.35. The maximum Gasteiger partial charge on any atom is 0.257 e. The molecule has 5 nitrogen and oxygen atoms in total. The van der Waals surface area contributed by atoms with Gasteiger partial charge in [0.25, 0.3) is 5.91 Å². The number of aromatic amines is 1. The van der Waals surface area contributed by atoms with Crippen LogP contribution in [0.15, 0.2) is 30.5 Å². The fraction of sp³-hybridized carbons (Fsp3) is 0.333. The summed E-state index contributed by atoms with van der Waals surface area (Å²) in [4.78, 5) is 14.6. The number of amides is 1. The number of hydrogen-bond acceptors (Lipinski definition) is 3. The summed E-state index contributed by atoms with van der Waals surface area (Å²) in [5, 5.41) is 10.9. The number of H-pyrrole nitrogens is 1. The van der Waals surface area contributed by atoms with E-state index in [0.29, 0.717) is 35.4 Å². The number of rotatable bonds is 2. The molecule has 1 aromatic carbocycles. The first-order valence-electron chi connectivity index (χ1n) is 6.97. The van der Waals surface area contributed by atoms with E-state index in [1.165, 1.54) is 0 Å². The van der Waals surface area contributed by atoms with Crippen LogP contribution in [0.2, 0.25) is 5.02 Å². The van der Waals surface area contributed by atoms with Crippen molar-refractivity contribution < 1.29 is 4.79 Å². The van der Waals surface area contributed by atoms with E-state index < -0.39 is 0 Å². The highest BCUT2D eigenvalue weighted by Gasteiger charge is 2.25. The van der Waals surface area contributed by atoms with E-state index >= 15 is 0 Å². The van der Waals surface area contributed by atoms with Crippen LogP contribution in [-0.2, 0) is 0 Å². The molecule has 1 aliphatic heterocycles. The van der Waals surface area contributed by atoms with Gasteiger partial charge in [0.05, 0.1) is 17.5 Å². The van der Waals surface area contributed by atoms with Gasteiger partial charge in [-0.2, -0.15) is 5.10 Å². The molecule has 21 heavy (non-hydrogen) atoms. The number of halogens is 1. The van der Waals surface area contributed by atoms with Crippen LogP contribution in [-0.4, -0.2) is 46.7 Å². The summed E-state index contributed by atoms with van der Waals surface area (Å²) >= 11 is 6.02. The van der Waals surface area contributed by atoms with Gasteiger partial charge in [-0.25, -0.2) is 0 Å². The first kappa shape index (κ1) is 14.1. The molecular weight excluding hydrogens is 288 g/mol. The summed E-state index contributed by atoms with van der Waals surface area (Å²) in [5.74, 6) is 0.00655. The minimum atomic E-state index is 0.00655. The number of benzene rings is 1. The van der Waals surface area contributed by atoms with Crippen LogP contribution in [0.5, 0.6) is 0 Å². The van der Waals surface area contributed by atoms with E-state index in [2.05, 4.69) is 22.4 Å². The largest absolute Gasteiger partial charge is 0.336 e. The number of piperazine rings is 1. The highest BCUT2D eigenvalue weighted by atomic mass is 35.5. The van der Waals surface area contributed by atoms with Crippen LogP contribution in [0.1, 0.15) is 17.3 Å². The third kappa shape index (κ3) is 2.94. The van der Waals surface area contributed by atoms with Gasteiger partial charge >= 0.3 is 0 Å². The number of nitrogens with zero attached hydrogens (tertiary/aromatic N) is 2. The van der Waals surface area contributed by atoms with Gasteiger partial charge in [-0.1, -0.05) is 23.7 Å². The normalized spacial score (nSPS) is 18.8. The molecule has 6 heteroatoms. The van der Waals surface area contributed by atoms with Crippen LogP contribution < -0.4 is 5.32 Å². The molecule has 1 fully saturated rings. The fourth-order valence-electron chi connectivity index (χ4n) is 2.60. The quantitative estimate of drug-likeness (QED) is 0.894. The lowest BCUT2D eigenvalue weighted by Gasteiger charge is -2.31. The summed E-state index contributed by atoms with van der Waals surface area (Å²) < 4.78 is 0. The fourth-order valence-corrected chi connectivity index (χ4v) is 2.79. The molecule has 0 aliphatic carbocycles. The maximum atomic E-state index is 12.7. The highest BCUT2D eigenvalue weighted by molar-refractivity contribution is 6.30. The van der Waals surface area contributed by atoms with Crippen LogP contribution >= 0.6 is 11.6 Å². The molecule has 3 rings (SSSR count). The Bertz CT molecular complexity index is 655. The molecule has 2 heterocycles. The second-order valence-electron chi connectivity index (χ2n) is 5.28. The lowest BCUT2D eigenvalue weighted by Crippen LogP contribution is -2.51. The number of carbonyl (C=O) groups excluding carboxylic acids is 1. The summed E-state index contributed by atoms with van der Waals surface area (Å²) in [6, 6.07) is 7.72. The standard InChI is InChI=1S/C15H17ClN4O/c1-10-9-20(6-5-17-10)15(21)13-8-18-19-14(13)11-3-2-4-12(16)7-11/h2-4,7-8,10,17H,5-6,9H2,1H3,(H,18,19)/t10-/m1/s1. The molecule has 0 unspecified atom stereocenters. The molecule has 0 radical (unpaired) electrons. The van der Waals surface area contributed by atoms with Crippen molar-refractivity contribution in [2.24, 2.45) is 0 Å². The molecule has 1 aliphatic rings. The molecule has 1 atom stereocenters. The predicted octanol–water partition coefficient (Wildman–Crippen LogP) is 2.16. The van der Waals surface area contributed by atoms with E-state index in [1.54, 1.807) is 12.3 Å². The van der Waals surface area contributed by atoms with Gasteiger partial charge in [0.2, 0.25) is 0 Å². The number of carbonyl (C=O) groups is 1. The second kappa shape index (κ2) is 5.87. The number of nitrogens with one attached hydrogen (secondary N) is 2. The molecule has 0 bridgehead atoms. The monoisotopic (exact) mass is 304 g/mol. The number of hydrogen-bond donors (Lipinski definition) is 2. The van der Waals surface area contributed by atoms with Crippen molar-refractivity contribution in [3.63, 3.8) is 0 Å². The van der Waals surface area contributed by atoms with E-state index in [0.717, 1.165) is 12.1 Å². The average Bonchev–Trinajstić information content (AvgIpc) is 2.96. The molecule has 1 aromatic heterocycles. The molecular formula is C15H17ClN4O. The zero-order chi connectivity index (χ0) is 14.8. The highest BCUT2D eigenvalue weighted by Crippen LogP contribution is 2.25. The molecule has 1 saturated heterocycles. The van der Waals surface area contributed by atoms with Gasteiger partial charge in [0, 0.05) is 36.3 Å². The second-order valence-corrected chi connectivity index (χ2v) is 5.71. The van der Waals surface area contributed by atoms with Crippen molar-refractivity contribution >= 4 is 17.5 Å². The number of aromatic nitrogens is 2. The van der Waals surface area contributed by atoms with Gasteiger partial charge in [-0.15, -0.1) is 0 Å². The van der Waals surface area contributed by atoms with E-state index in [1.807, 2.05) is 23.1 Å². The van der Waals surface area contributed by atoms with Crippen molar-refractivity contribution in [1.29, 1.82) is 0 Å². The van der Waals surface area contributed by atoms with E-state index in [-0.39, 0.29) is 5.91 Å². The molecule has 110 valence electrons. The summed E-state index contributed by atoms with van der Waals surface area (Å²) in [6.45, 7) is 4.31. The van der Waals surface area contributed by atoms with E-state index in [4.69, 9.17) is 11.6 Å². The Balaban J connectivity index is 1.90. The zero-order valence-corrected chi connectivity index (χ0v) is 12.5. The minimum Gasteiger partial charge on any atom is -0.336 e. The maximum absolute atomic E-state index is 12.7. The molecule has 2 aromatic rings. The van der Waals surface area contributed by atoms with Crippen molar-refractivity contribution in [2.75, 3.05) is 19.6 Å². The third-order valence-electron chi connectivity index (χ3n) is 3.64. The van der Waals surface area contributed by atoms with Gasteiger partial charge in [0.1, 0.15) is 0 Å². The Labute approximate surface area is 128 Å². The molecule has 0 spiro atoms. The average molecular weight is 305 g/mol. The molecule has 0 saturated carbocycles. The van der Waals surface area contributed by atoms with Gasteiger partial charge in [-0.3, -0.25) is 9.89 Å². The van der Waals surface area contributed by atoms with Crippen molar-refractivity contribution in [1.82, 2.24) is 20.4 Å². The van der Waals surface area contributed by atoms with Crippen LogP contribution in [0.3, 0.4) is 0 Å². The van der Waals surface area contributed by atoms with E-state index in [9.17, 15) is 4.79 Å². The van der Waals surface area contributed by atoms with Gasteiger partial charge < -0.3 is 10.2 Å². The van der Waals surface area contributed by atoms with Crippen LogP contribution in [0.4, 0.5) is 0 Å². The first-order chi connectivity index (χ1) is 10.1. The Morgan fingerprint density at radius 3 is 3.10 bits per heavy atom. The third-order valence-corrected chi connectivity index (χ3v) is 3.87. The minimum absolute atomic E-state index is 0.00655. The lowest BCUT2D eigenvalue weighted by atomic mass is 10.1. The van der Waals surface area contributed by atoms with Crippen molar-refractivity contribution in [3.8, 4) is 11.3 Å². The van der Waals surface area contributed by atoms with Gasteiger partial charge in [-0.05, 0) is 19.1 Å². The smallest absolute Gasteiger partial charge is 0.257 e. The SMILES string of the molecule is C[C@@H]1CN(C(=O)c2cn[nH]c2-c2cccc(Cl)c2)CCN1. The zero-order valence-electron chi connectivity index (χ0n) is 11.8. The Kier molecular flexibility index (Phi) is 3.94. The molecule has 1 amide bonds. The topological polar surface area (TPSA) is 61.0 Å². The molecule has 2 N–H and O–H groups in total. The predicted molar refractivity (Wildman–Crippen MR) is 82.4 cm³/mol. The summed E-state index contributed by atoms with van der Waals surface area (Å²) in [5.41, 5.74) is 2.17.